The predicted octanol–water partition coefficient (Wildman–Crippen LogP) is 2.53. The van der Waals surface area contributed by atoms with Gasteiger partial charge in [0.1, 0.15) is 6.26 Å². The first-order chi connectivity index (χ1) is 11.8. The van der Waals surface area contributed by atoms with E-state index < -0.39 is 0 Å². The summed E-state index contributed by atoms with van der Waals surface area (Å²) < 4.78 is 11.0. The average molecular weight is 327 g/mol. The van der Waals surface area contributed by atoms with E-state index in [2.05, 4.69) is 9.97 Å². The summed E-state index contributed by atoms with van der Waals surface area (Å²) in [4.78, 5) is 22.5. The van der Waals surface area contributed by atoms with E-state index in [4.69, 9.17) is 9.15 Å². The van der Waals surface area contributed by atoms with Crippen molar-refractivity contribution in [1.82, 2.24) is 14.9 Å². The molecule has 2 fully saturated rings. The smallest absolute Gasteiger partial charge is 0.275 e. The van der Waals surface area contributed by atoms with Crippen LogP contribution in [0.2, 0.25) is 0 Å². The first kappa shape index (κ1) is 15.3. The molecule has 126 valence electrons. The van der Waals surface area contributed by atoms with Gasteiger partial charge in [-0.05, 0) is 30.4 Å². The minimum absolute atomic E-state index is 0.0372. The zero-order valence-electron chi connectivity index (χ0n) is 13.6. The van der Waals surface area contributed by atoms with Crippen molar-refractivity contribution in [2.24, 2.45) is 11.3 Å². The SMILES string of the molecule is O=C(c1cocn1)N1C[C@@H]2CCC[C@]2(COCc2cccnc2)C1. The van der Waals surface area contributed by atoms with Crippen molar-refractivity contribution in [3.63, 3.8) is 0 Å². The molecule has 6 heteroatoms. The van der Waals surface area contributed by atoms with Gasteiger partial charge in [-0.25, -0.2) is 4.98 Å². The second kappa shape index (κ2) is 6.36. The molecule has 0 radical (unpaired) electrons. The van der Waals surface area contributed by atoms with Crippen molar-refractivity contribution in [3.05, 3.63) is 48.4 Å². The van der Waals surface area contributed by atoms with E-state index in [1.807, 2.05) is 23.2 Å². The number of nitrogens with zero attached hydrogens (tertiary/aromatic N) is 3. The summed E-state index contributed by atoms with van der Waals surface area (Å²) in [6.07, 6.45) is 9.82. The van der Waals surface area contributed by atoms with Gasteiger partial charge in [-0.1, -0.05) is 12.5 Å². The van der Waals surface area contributed by atoms with Gasteiger partial charge in [-0.15, -0.1) is 0 Å². The van der Waals surface area contributed by atoms with Crippen LogP contribution in [0.3, 0.4) is 0 Å². The fourth-order valence-corrected chi connectivity index (χ4v) is 4.14. The van der Waals surface area contributed by atoms with Crippen LogP contribution in [0.25, 0.3) is 0 Å². The maximum atomic E-state index is 12.5. The largest absolute Gasteiger partial charge is 0.451 e. The Labute approximate surface area is 140 Å². The summed E-state index contributed by atoms with van der Waals surface area (Å²) in [5, 5.41) is 0. The number of likely N-dealkylation sites (tertiary alicyclic amines) is 1. The number of amides is 1. The van der Waals surface area contributed by atoms with Crippen molar-refractivity contribution in [2.75, 3.05) is 19.7 Å². The van der Waals surface area contributed by atoms with E-state index in [0.717, 1.165) is 25.1 Å². The van der Waals surface area contributed by atoms with Crippen LogP contribution >= 0.6 is 0 Å². The maximum Gasteiger partial charge on any atom is 0.275 e. The lowest BCUT2D eigenvalue weighted by Crippen LogP contribution is -2.34. The van der Waals surface area contributed by atoms with Gasteiger partial charge in [0.15, 0.2) is 12.1 Å². The summed E-state index contributed by atoms with van der Waals surface area (Å²) >= 11 is 0. The molecule has 1 aliphatic carbocycles. The van der Waals surface area contributed by atoms with Crippen LogP contribution in [0, 0.1) is 11.3 Å². The Morgan fingerprint density at radius 3 is 3.25 bits per heavy atom. The van der Waals surface area contributed by atoms with Crippen LogP contribution in [0.4, 0.5) is 0 Å². The summed E-state index contributed by atoms with van der Waals surface area (Å²) in [5.41, 5.74) is 1.56. The fourth-order valence-electron chi connectivity index (χ4n) is 4.14. The van der Waals surface area contributed by atoms with E-state index in [1.165, 1.54) is 25.5 Å². The van der Waals surface area contributed by atoms with E-state index >= 15 is 0 Å². The van der Waals surface area contributed by atoms with E-state index in [1.54, 1.807) is 6.20 Å². The van der Waals surface area contributed by atoms with Gasteiger partial charge in [0, 0.05) is 30.9 Å². The molecular formula is C18H21N3O3. The van der Waals surface area contributed by atoms with Crippen molar-refractivity contribution in [3.8, 4) is 0 Å². The number of carbonyl (C=O) groups is 1. The molecule has 0 aromatic carbocycles. The summed E-state index contributed by atoms with van der Waals surface area (Å²) in [7, 11) is 0. The second-order valence-corrected chi connectivity index (χ2v) is 6.86. The minimum Gasteiger partial charge on any atom is -0.451 e. The number of carbonyl (C=O) groups excluding carboxylic acids is 1. The van der Waals surface area contributed by atoms with E-state index in [0.29, 0.717) is 24.8 Å². The van der Waals surface area contributed by atoms with Gasteiger partial charge in [0.05, 0.1) is 13.2 Å². The highest BCUT2D eigenvalue weighted by molar-refractivity contribution is 5.92. The molecule has 2 aromatic heterocycles. The maximum absolute atomic E-state index is 12.5. The third kappa shape index (κ3) is 2.82. The van der Waals surface area contributed by atoms with Crippen molar-refractivity contribution in [1.29, 1.82) is 0 Å². The molecule has 0 N–H and O–H groups in total. The van der Waals surface area contributed by atoms with Crippen LogP contribution in [-0.2, 0) is 11.3 Å². The summed E-state index contributed by atoms with van der Waals surface area (Å²) in [6.45, 7) is 2.80. The zero-order chi connectivity index (χ0) is 16.4. The van der Waals surface area contributed by atoms with Crippen LogP contribution in [0.15, 0.2) is 41.6 Å². The number of aromatic nitrogens is 2. The van der Waals surface area contributed by atoms with Gasteiger partial charge in [0.2, 0.25) is 0 Å². The number of pyridine rings is 1. The molecule has 0 spiro atoms. The van der Waals surface area contributed by atoms with Gasteiger partial charge < -0.3 is 14.1 Å². The highest BCUT2D eigenvalue weighted by atomic mass is 16.5. The average Bonchev–Trinajstić information content (AvgIpc) is 3.31. The highest BCUT2D eigenvalue weighted by Gasteiger charge is 2.51. The molecule has 24 heavy (non-hydrogen) atoms. The number of oxazole rings is 1. The topological polar surface area (TPSA) is 68.5 Å². The Morgan fingerprint density at radius 1 is 1.50 bits per heavy atom. The van der Waals surface area contributed by atoms with Gasteiger partial charge in [-0.2, -0.15) is 0 Å². The highest BCUT2D eigenvalue weighted by Crippen LogP contribution is 2.49. The first-order valence-electron chi connectivity index (χ1n) is 8.41. The Kier molecular flexibility index (Phi) is 4.06. The number of hydrogen-bond donors (Lipinski definition) is 0. The molecule has 2 aliphatic rings. The molecule has 1 saturated carbocycles. The minimum atomic E-state index is -0.0372. The quantitative estimate of drug-likeness (QED) is 0.844. The fraction of sp³-hybridized carbons (Fsp3) is 0.500. The second-order valence-electron chi connectivity index (χ2n) is 6.86. The zero-order valence-corrected chi connectivity index (χ0v) is 13.6. The third-order valence-electron chi connectivity index (χ3n) is 5.36. The Hall–Kier alpha value is -2.21. The Morgan fingerprint density at radius 2 is 2.46 bits per heavy atom. The monoisotopic (exact) mass is 327 g/mol. The first-order valence-corrected chi connectivity index (χ1v) is 8.41. The predicted molar refractivity (Wildman–Crippen MR) is 86.1 cm³/mol. The number of fused-ring (bicyclic) bond motifs is 1. The molecule has 1 aliphatic heterocycles. The molecule has 0 bridgehead atoms. The standard InChI is InChI=1S/C18H21N3O3/c22-17(16-10-24-13-20-16)21-8-15-4-1-5-18(15,11-21)12-23-9-14-3-2-6-19-7-14/h2-3,6-7,10,13,15H,1,4-5,8-9,11-12H2/t15-,18+/m0/s1. The molecule has 1 saturated heterocycles. The van der Waals surface area contributed by atoms with Crippen molar-refractivity contribution >= 4 is 5.91 Å². The van der Waals surface area contributed by atoms with Crippen LogP contribution in [0.5, 0.6) is 0 Å². The van der Waals surface area contributed by atoms with E-state index in [-0.39, 0.29) is 11.3 Å². The molecular weight excluding hydrogens is 306 g/mol. The van der Waals surface area contributed by atoms with Crippen molar-refractivity contribution < 1.29 is 13.9 Å². The molecule has 1 amide bonds. The lowest BCUT2D eigenvalue weighted by molar-refractivity contribution is 0.0264. The molecule has 4 rings (SSSR count). The summed E-state index contributed by atoms with van der Waals surface area (Å²) in [6, 6.07) is 3.94. The molecule has 6 nitrogen and oxygen atoms in total. The van der Waals surface area contributed by atoms with Gasteiger partial charge in [-0.3, -0.25) is 9.78 Å². The lowest BCUT2D eigenvalue weighted by Gasteiger charge is -2.28. The summed E-state index contributed by atoms with van der Waals surface area (Å²) in [5.74, 6) is 0.479. The van der Waals surface area contributed by atoms with Gasteiger partial charge in [0.25, 0.3) is 5.91 Å². The molecule has 2 aromatic rings. The van der Waals surface area contributed by atoms with E-state index in [9.17, 15) is 4.79 Å². The van der Waals surface area contributed by atoms with Crippen LogP contribution in [0.1, 0.15) is 35.3 Å². The lowest BCUT2D eigenvalue weighted by atomic mass is 9.81. The van der Waals surface area contributed by atoms with Crippen LogP contribution < -0.4 is 0 Å². The number of ether oxygens (including phenoxy) is 1. The number of rotatable bonds is 5. The Bertz CT molecular complexity index is 689. The Balaban J connectivity index is 1.40. The molecule has 2 atom stereocenters. The van der Waals surface area contributed by atoms with Crippen molar-refractivity contribution in [2.45, 2.75) is 25.9 Å². The third-order valence-corrected chi connectivity index (χ3v) is 5.36. The van der Waals surface area contributed by atoms with Crippen LogP contribution in [-0.4, -0.2) is 40.5 Å². The normalized spacial score (nSPS) is 25.8. The van der Waals surface area contributed by atoms with Gasteiger partial charge >= 0.3 is 0 Å². The molecule has 0 unspecified atom stereocenters. The molecule has 3 heterocycles. The number of hydrogen-bond acceptors (Lipinski definition) is 5.